The highest BCUT2D eigenvalue weighted by Crippen LogP contribution is 2.32. The molecule has 1 heterocycles. The summed E-state index contributed by atoms with van der Waals surface area (Å²) >= 11 is 0. The summed E-state index contributed by atoms with van der Waals surface area (Å²) in [5.41, 5.74) is 0.885. The second kappa shape index (κ2) is 11.5. The van der Waals surface area contributed by atoms with Crippen molar-refractivity contribution in [2.75, 3.05) is 38.2 Å². The summed E-state index contributed by atoms with van der Waals surface area (Å²) in [7, 11) is 0. The van der Waals surface area contributed by atoms with Gasteiger partial charge >= 0.3 is 0 Å². The third-order valence-electron chi connectivity index (χ3n) is 5.26. The van der Waals surface area contributed by atoms with E-state index in [0.29, 0.717) is 44.6 Å². The number of hydrogen-bond donors (Lipinski definition) is 3. The van der Waals surface area contributed by atoms with Gasteiger partial charge in [-0.2, -0.15) is 0 Å². The monoisotopic (exact) mass is 402 g/mol. The average molecular weight is 403 g/mol. The van der Waals surface area contributed by atoms with E-state index in [9.17, 15) is 4.79 Å². The van der Waals surface area contributed by atoms with E-state index in [1.165, 1.54) is 32.1 Å². The zero-order chi connectivity index (χ0) is 20.3. The number of ether oxygens (including phenoxy) is 2. The highest BCUT2D eigenvalue weighted by Gasteiger charge is 2.16. The Morgan fingerprint density at radius 2 is 1.86 bits per heavy atom. The molecule has 1 aromatic rings. The van der Waals surface area contributed by atoms with E-state index in [1.807, 2.05) is 25.1 Å². The van der Waals surface area contributed by atoms with Crippen LogP contribution in [0.15, 0.2) is 23.2 Å². The second-order valence-electron chi connectivity index (χ2n) is 7.66. The number of hydrogen-bond acceptors (Lipinski definition) is 4. The Hall–Kier alpha value is -2.44. The van der Waals surface area contributed by atoms with E-state index in [2.05, 4.69) is 20.9 Å². The van der Waals surface area contributed by atoms with Crippen molar-refractivity contribution in [1.82, 2.24) is 10.6 Å². The Balaban J connectivity index is 1.46. The van der Waals surface area contributed by atoms with Crippen molar-refractivity contribution in [3.05, 3.63) is 18.2 Å². The minimum absolute atomic E-state index is 0.146. The number of carbonyl (C=O) groups excluding carboxylic acids is 1. The summed E-state index contributed by atoms with van der Waals surface area (Å²) < 4.78 is 11.4. The van der Waals surface area contributed by atoms with Gasteiger partial charge in [-0.15, -0.1) is 0 Å². The van der Waals surface area contributed by atoms with E-state index < -0.39 is 0 Å². The molecule has 1 saturated carbocycles. The van der Waals surface area contributed by atoms with Crippen LogP contribution in [0.5, 0.6) is 11.5 Å². The summed E-state index contributed by atoms with van der Waals surface area (Å²) in [4.78, 5) is 16.7. The van der Waals surface area contributed by atoms with Crippen LogP contribution in [0.3, 0.4) is 0 Å². The third-order valence-corrected chi connectivity index (χ3v) is 5.26. The molecule has 1 aromatic carbocycles. The van der Waals surface area contributed by atoms with Crippen LogP contribution < -0.4 is 25.4 Å². The SMILES string of the molecule is CCNC(=NCCNC(=O)CC1CCCCC1)Nc1ccc2c(c1)OCCCO2. The summed E-state index contributed by atoms with van der Waals surface area (Å²) in [6, 6.07) is 5.80. The lowest BCUT2D eigenvalue weighted by atomic mass is 9.87. The molecule has 1 fully saturated rings. The second-order valence-corrected chi connectivity index (χ2v) is 7.66. The molecular formula is C22H34N4O3. The normalized spacial score (nSPS) is 17.3. The van der Waals surface area contributed by atoms with Gasteiger partial charge in [-0.1, -0.05) is 19.3 Å². The Morgan fingerprint density at radius 1 is 1.07 bits per heavy atom. The number of fused-ring (bicyclic) bond motifs is 1. The maximum absolute atomic E-state index is 12.1. The number of carbonyl (C=O) groups is 1. The fourth-order valence-corrected chi connectivity index (χ4v) is 3.77. The van der Waals surface area contributed by atoms with Gasteiger partial charge < -0.3 is 25.4 Å². The largest absolute Gasteiger partial charge is 0.490 e. The van der Waals surface area contributed by atoms with Crippen molar-refractivity contribution in [2.45, 2.75) is 51.9 Å². The number of nitrogens with one attached hydrogen (secondary N) is 3. The molecule has 7 nitrogen and oxygen atoms in total. The van der Waals surface area contributed by atoms with Crippen molar-refractivity contribution in [3.8, 4) is 11.5 Å². The van der Waals surface area contributed by atoms with E-state index in [1.54, 1.807) is 0 Å². The van der Waals surface area contributed by atoms with Crippen LogP contribution in [0.25, 0.3) is 0 Å². The number of guanidine groups is 1. The molecular weight excluding hydrogens is 368 g/mol. The molecule has 0 unspecified atom stereocenters. The number of benzene rings is 1. The Bertz CT molecular complexity index is 687. The third kappa shape index (κ3) is 7.15. The molecule has 2 aliphatic rings. The fourth-order valence-electron chi connectivity index (χ4n) is 3.77. The van der Waals surface area contributed by atoms with Crippen LogP contribution in [0.2, 0.25) is 0 Å². The highest BCUT2D eigenvalue weighted by atomic mass is 16.5. The predicted octanol–water partition coefficient (Wildman–Crippen LogP) is 3.31. The van der Waals surface area contributed by atoms with Crippen LogP contribution >= 0.6 is 0 Å². The molecule has 0 bridgehead atoms. The van der Waals surface area contributed by atoms with E-state index in [-0.39, 0.29) is 5.91 Å². The van der Waals surface area contributed by atoms with Gasteiger partial charge in [-0.05, 0) is 37.8 Å². The number of rotatable bonds is 7. The molecule has 0 radical (unpaired) electrons. The van der Waals surface area contributed by atoms with Crippen molar-refractivity contribution in [1.29, 1.82) is 0 Å². The Kier molecular flexibility index (Phi) is 8.46. The first-order valence-electron chi connectivity index (χ1n) is 11.0. The first-order valence-corrected chi connectivity index (χ1v) is 11.0. The number of nitrogens with zero attached hydrogens (tertiary/aromatic N) is 1. The average Bonchev–Trinajstić information content (AvgIpc) is 2.97. The van der Waals surface area contributed by atoms with Crippen LogP contribution in [0.1, 0.15) is 51.9 Å². The fraction of sp³-hybridized carbons (Fsp3) is 0.636. The van der Waals surface area contributed by atoms with Crippen LogP contribution in [-0.2, 0) is 4.79 Å². The summed E-state index contributed by atoms with van der Waals surface area (Å²) in [5, 5.41) is 9.53. The topological polar surface area (TPSA) is 84.0 Å². The Labute approximate surface area is 173 Å². The van der Waals surface area contributed by atoms with Crippen LogP contribution in [0, 0.1) is 5.92 Å². The molecule has 0 saturated heterocycles. The van der Waals surface area contributed by atoms with Gasteiger partial charge in [0.1, 0.15) is 0 Å². The predicted molar refractivity (Wildman–Crippen MR) is 116 cm³/mol. The molecule has 3 rings (SSSR count). The van der Waals surface area contributed by atoms with Gasteiger partial charge in [0, 0.05) is 37.7 Å². The van der Waals surface area contributed by atoms with Crippen LogP contribution in [0.4, 0.5) is 5.69 Å². The van der Waals surface area contributed by atoms with Crippen molar-refractivity contribution >= 4 is 17.6 Å². The van der Waals surface area contributed by atoms with Gasteiger partial charge in [0.15, 0.2) is 17.5 Å². The van der Waals surface area contributed by atoms with E-state index in [0.717, 1.165) is 30.2 Å². The standard InChI is InChI=1S/C22H34N4O3/c1-2-23-22(25-12-11-24-21(27)15-17-7-4-3-5-8-17)26-18-9-10-19-20(16-18)29-14-6-13-28-19/h9-10,16-17H,2-8,11-15H2,1H3,(H,24,27)(H2,23,25,26). The molecule has 0 atom stereocenters. The van der Waals surface area contributed by atoms with Gasteiger partial charge in [0.2, 0.25) is 5.91 Å². The smallest absolute Gasteiger partial charge is 0.220 e. The molecule has 0 spiro atoms. The Morgan fingerprint density at radius 3 is 2.66 bits per heavy atom. The summed E-state index contributed by atoms with van der Waals surface area (Å²) in [5.74, 6) is 2.91. The highest BCUT2D eigenvalue weighted by molar-refractivity contribution is 5.94. The maximum atomic E-state index is 12.1. The molecule has 1 aliphatic heterocycles. The minimum atomic E-state index is 0.146. The molecule has 29 heavy (non-hydrogen) atoms. The number of aliphatic imine (C=N–C) groups is 1. The molecule has 1 amide bonds. The maximum Gasteiger partial charge on any atom is 0.220 e. The first kappa shape index (κ1) is 21.3. The molecule has 160 valence electrons. The number of amides is 1. The van der Waals surface area contributed by atoms with Crippen molar-refractivity contribution in [2.24, 2.45) is 10.9 Å². The lowest BCUT2D eigenvalue weighted by molar-refractivity contribution is -0.122. The van der Waals surface area contributed by atoms with Gasteiger partial charge in [0.25, 0.3) is 0 Å². The lowest BCUT2D eigenvalue weighted by Gasteiger charge is -2.20. The molecule has 7 heteroatoms. The zero-order valence-corrected chi connectivity index (χ0v) is 17.5. The minimum Gasteiger partial charge on any atom is -0.490 e. The van der Waals surface area contributed by atoms with Gasteiger partial charge in [-0.3, -0.25) is 9.79 Å². The molecule has 3 N–H and O–H groups in total. The summed E-state index contributed by atoms with van der Waals surface area (Å²) in [6.07, 6.45) is 7.76. The van der Waals surface area contributed by atoms with Crippen molar-refractivity contribution in [3.63, 3.8) is 0 Å². The van der Waals surface area contributed by atoms with Crippen LogP contribution in [-0.4, -0.2) is 44.7 Å². The van der Waals surface area contributed by atoms with E-state index in [4.69, 9.17) is 9.47 Å². The van der Waals surface area contributed by atoms with Gasteiger partial charge in [0.05, 0.1) is 19.8 Å². The zero-order valence-electron chi connectivity index (χ0n) is 17.5. The number of anilines is 1. The quantitative estimate of drug-likeness (QED) is 0.370. The molecule has 1 aliphatic carbocycles. The van der Waals surface area contributed by atoms with E-state index >= 15 is 0 Å². The first-order chi connectivity index (χ1) is 14.2. The summed E-state index contributed by atoms with van der Waals surface area (Å²) in [6.45, 7) is 5.18. The van der Waals surface area contributed by atoms with Crippen molar-refractivity contribution < 1.29 is 14.3 Å². The lowest BCUT2D eigenvalue weighted by Crippen LogP contribution is -2.33. The molecule has 0 aromatic heterocycles. The van der Waals surface area contributed by atoms with Gasteiger partial charge in [-0.25, -0.2) is 0 Å².